The van der Waals surface area contributed by atoms with E-state index in [0.29, 0.717) is 16.1 Å². The molecule has 0 aliphatic heterocycles. The maximum absolute atomic E-state index is 11.7. The number of thiophene rings is 1. The van der Waals surface area contributed by atoms with Crippen LogP contribution in [0.25, 0.3) is 0 Å². The van der Waals surface area contributed by atoms with Crippen molar-refractivity contribution >= 4 is 28.7 Å². The molecule has 4 nitrogen and oxygen atoms in total. The molecule has 1 aromatic heterocycles. The minimum atomic E-state index is -0.679. The molecule has 88 valence electrons. The van der Waals surface area contributed by atoms with Gasteiger partial charge in [0.2, 0.25) is 0 Å². The monoisotopic (exact) mass is 256 g/mol. The van der Waals surface area contributed by atoms with Gasteiger partial charge in [0.25, 0.3) is 11.7 Å². The van der Waals surface area contributed by atoms with Gasteiger partial charge in [-0.15, -0.1) is 11.3 Å². The zero-order valence-electron chi connectivity index (χ0n) is 9.21. The molecule has 18 heavy (non-hydrogen) atoms. The zero-order chi connectivity index (χ0) is 13.0. The molecule has 0 atom stereocenters. The fraction of sp³-hybridized carbons (Fsp3) is 0. The van der Waals surface area contributed by atoms with E-state index >= 15 is 0 Å². The van der Waals surface area contributed by atoms with Gasteiger partial charge in [-0.25, -0.2) is 0 Å². The zero-order valence-corrected chi connectivity index (χ0v) is 10.0. The number of carbonyl (C=O) groups is 2. The lowest BCUT2D eigenvalue weighted by atomic mass is 10.2. The Morgan fingerprint density at radius 2 is 1.89 bits per heavy atom. The highest BCUT2D eigenvalue weighted by atomic mass is 32.1. The Labute approximate surface area is 107 Å². The predicted molar refractivity (Wildman–Crippen MR) is 68.4 cm³/mol. The van der Waals surface area contributed by atoms with Crippen LogP contribution in [0.1, 0.15) is 15.2 Å². The molecule has 0 spiro atoms. The number of anilines is 1. The summed E-state index contributed by atoms with van der Waals surface area (Å²) in [7, 11) is 0. The van der Waals surface area contributed by atoms with E-state index in [2.05, 4.69) is 5.32 Å². The van der Waals surface area contributed by atoms with Gasteiger partial charge in [0, 0.05) is 5.69 Å². The minimum Gasteiger partial charge on any atom is -0.319 e. The topological polar surface area (TPSA) is 70.0 Å². The van der Waals surface area contributed by atoms with Gasteiger partial charge in [-0.1, -0.05) is 6.07 Å². The van der Waals surface area contributed by atoms with Crippen LogP contribution in [0.4, 0.5) is 5.69 Å². The number of nitriles is 1. The molecule has 2 rings (SSSR count). The Morgan fingerprint density at radius 1 is 1.17 bits per heavy atom. The standard InChI is InChI=1S/C13H8N2O2S/c14-8-9-3-5-10(6-4-9)15-13(17)12(16)11-2-1-7-18-11/h1-7H,(H,15,17). The molecular formula is C13H8N2O2S. The van der Waals surface area contributed by atoms with E-state index < -0.39 is 11.7 Å². The Balaban J connectivity index is 2.07. The molecule has 1 N–H and O–H groups in total. The summed E-state index contributed by atoms with van der Waals surface area (Å²) in [5.41, 5.74) is 0.987. The summed E-state index contributed by atoms with van der Waals surface area (Å²) in [6.45, 7) is 0. The third-order valence-corrected chi connectivity index (χ3v) is 3.09. The number of benzene rings is 1. The number of amides is 1. The first-order valence-electron chi connectivity index (χ1n) is 5.10. The largest absolute Gasteiger partial charge is 0.319 e. The fourth-order valence-corrected chi connectivity index (χ4v) is 2.00. The predicted octanol–water partition coefficient (Wildman–Crippen LogP) is 2.44. The van der Waals surface area contributed by atoms with E-state index in [0.717, 1.165) is 0 Å². The second-order valence-electron chi connectivity index (χ2n) is 3.45. The van der Waals surface area contributed by atoms with Crippen LogP contribution in [0.2, 0.25) is 0 Å². The minimum absolute atomic E-state index is 0.404. The van der Waals surface area contributed by atoms with Crippen LogP contribution in [0.3, 0.4) is 0 Å². The Morgan fingerprint density at radius 3 is 2.44 bits per heavy atom. The fourth-order valence-electron chi connectivity index (χ4n) is 1.34. The summed E-state index contributed by atoms with van der Waals surface area (Å²) in [4.78, 5) is 23.7. The van der Waals surface area contributed by atoms with Gasteiger partial charge in [0.05, 0.1) is 16.5 Å². The molecule has 0 radical (unpaired) electrons. The first-order chi connectivity index (χ1) is 8.70. The van der Waals surface area contributed by atoms with Gasteiger partial charge in [0.15, 0.2) is 0 Å². The summed E-state index contributed by atoms with van der Waals surface area (Å²) < 4.78 is 0. The third kappa shape index (κ3) is 2.62. The maximum atomic E-state index is 11.7. The van der Waals surface area contributed by atoms with Crippen molar-refractivity contribution in [2.45, 2.75) is 0 Å². The van der Waals surface area contributed by atoms with Crippen LogP contribution >= 0.6 is 11.3 Å². The van der Waals surface area contributed by atoms with Crippen LogP contribution in [0, 0.1) is 11.3 Å². The van der Waals surface area contributed by atoms with E-state index in [1.165, 1.54) is 11.3 Å². The van der Waals surface area contributed by atoms with Gasteiger partial charge in [-0.05, 0) is 35.7 Å². The molecule has 0 aliphatic carbocycles. The summed E-state index contributed by atoms with van der Waals surface area (Å²) >= 11 is 1.22. The maximum Gasteiger partial charge on any atom is 0.297 e. The van der Waals surface area contributed by atoms with Crippen molar-refractivity contribution in [2.24, 2.45) is 0 Å². The Hall–Kier alpha value is -2.45. The van der Waals surface area contributed by atoms with Crippen molar-refractivity contribution in [1.82, 2.24) is 0 Å². The molecule has 0 bridgehead atoms. The molecule has 1 aromatic carbocycles. The molecule has 0 unspecified atom stereocenters. The number of hydrogen-bond acceptors (Lipinski definition) is 4. The third-order valence-electron chi connectivity index (χ3n) is 2.22. The number of Topliss-reactive ketones (excluding diaryl/α,β-unsaturated/α-hetero) is 1. The lowest BCUT2D eigenvalue weighted by Gasteiger charge is -2.02. The summed E-state index contributed by atoms with van der Waals surface area (Å²) in [5.74, 6) is -1.24. The average Bonchev–Trinajstić information content (AvgIpc) is 2.92. The molecular weight excluding hydrogens is 248 g/mol. The SMILES string of the molecule is N#Cc1ccc(NC(=O)C(=O)c2cccs2)cc1. The molecule has 0 saturated heterocycles. The molecule has 1 amide bonds. The van der Waals surface area contributed by atoms with E-state index in [9.17, 15) is 9.59 Å². The molecule has 0 saturated carbocycles. The van der Waals surface area contributed by atoms with Crippen molar-refractivity contribution in [2.75, 3.05) is 5.32 Å². The number of ketones is 1. The van der Waals surface area contributed by atoms with Crippen molar-refractivity contribution in [3.05, 3.63) is 52.2 Å². The van der Waals surface area contributed by atoms with Gasteiger partial charge in [-0.3, -0.25) is 9.59 Å². The molecule has 5 heteroatoms. The molecule has 1 heterocycles. The highest BCUT2D eigenvalue weighted by Crippen LogP contribution is 2.12. The van der Waals surface area contributed by atoms with Gasteiger partial charge < -0.3 is 5.32 Å². The van der Waals surface area contributed by atoms with Gasteiger partial charge in [0.1, 0.15) is 0 Å². The highest BCUT2D eigenvalue weighted by molar-refractivity contribution is 7.13. The number of nitrogens with zero attached hydrogens (tertiary/aromatic N) is 1. The lowest BCUT2D eigenvalue weighted by molar-refractivity contribution is -0.112. The summed E-state index contributed by atoms with van der Waals surface area (Å²) in [6.07, 6.45) is 0. The Kier molecular flexibility index (Phi) is 3.51. The van der Waals surface area contributed by atoms with Crippen LogP contribution in [-0.2, 0) is 4.79 Å². The van der Waals surface area contributed by atoms with Crippen LogP contribution in [-0.4, -0.2) is 11.7 Å². The normalized spacial score (nSPS) is 9.50. The van der Waals surface area contributed by atoms with Crippen molar-refractivity contribution < 1.29 is 9.59 Å². The van der Waals surface area contributed by atoms with Crippen LogP contribution in [0.5, 0.6) is 0 Å². The Bertz CT molecular complexity index is 609. The first-order valence-corrected chi connectivity index (χ1v) is 5.98. The number of nitrogens with one attached hydrogen (secondary N) is 1. The van der Waals surface area contributed by atoms with Crippen molar-refractivity contribution in [1.29, 1.82) is 5.26 Å². The van der Waals surface area contributed by atoms with E-state index in [1.54, 1.807) is 41.8 Å². The second kappa shape index (κ2) is 5.25. The van der Waals surface area contributed by atoms with Gasteiger partial charge >= 0.3 is 0 Å². The lowest BCUT2D eigenvalue weighted by Crippen LogP contribution is -2.21. The van der Waals surface area contributed by atoms with Crippen molar-refractivity contribution in [3.8, 4) is 6.07 Å². The number of carbonyl (C=O) groups excluding carboxylic acids is 2. The molecule has 0 fully saturated rings. The molecule has 2 aromatic rings. The quantitative estimate of drug-likeness (QED) is 0.677. The van der Waals surface area contributed by atoms with E-state index in [1.807, 2.05) is 6.07 Å². The number of rotatable bonds is 3. The van der Waals surface area contributed by atoms with Gasteiger partial charge in [-0.2, -0.15) is 5.26 Å². The first kappa shape index (κ1) is 12.0. The van der Waals surface area contributed by atoms with E-state index in [-0.39, 0.29) is 0 Å². The summed E-state index contributed by atoms with van der Waals surface area (Å²) in [5, 5.41) is 12.9. The van der Waals surface area contributed by atoms with Crippen LogP contribution < -0.4 is 5.32 Å². The summed E-state index contributed by atoms with van der Waals surface area (Å²) in [6, 6.07) is 11.6. The number of hydrogen-bond donors (Lipinski definition) is 1. The smallest absolute Gasteiger partial charge is 0.297 e. The second-order valence-corrected chi connectivity index (χ2v) is 4.40. The molecule has 0 aliphatic rings. The highest BCUT2D eigenvalue weighted by Gasteiger charge is 2.16. The van der Waals surface area contributed by atoms with Crippen LogP contribution in [0.15, 0.2) is 41.8 Å². The van der Waals surface area contributed by atoms with Crippen molar-refractivity contribution in [3.63, 3.8) is 0 Å². The average molecular weight is 256 g/mol. The van der Waals surface area contributed by atoms with E-state index in [4.69, 9.17) is 5.26 Å².